The molecule has 0 aromatic rings. The lowest BCUT2D eigenvalue weighted by Gasteiger charge is -2.18. The highest BCUT2D eigenvalue weighted by Crippen LogP contribution is 2.11. The van der Waals surface area contributed by atoms with Crippen LogP contribution in [-0.4, -0.2) is 37.2 Å². The van der Waals surface area contributed by atoms with Crippen LogP contribution in [0.4, 0.5) is 0 Å². The van der Waals surface area contributed by atoms with E-state index in [1.807, 2.05) is 54.7 Å². The van der Waals surface area contributed by atoms with Gasteiger partial charge in [0.25, 0.3) is 0 Å². The largest absolute Gasteiger partial charge is 0.462 e. The lowest BCUT2D eigenvalue weighted by molar-refractivity contribution is -0.166. The molecule has 0 spiro atoms. The first-order valence-corrected chi connectivity index (χ1v) is 25.1. The number of hydrogen-bond donors (Lipinski definition) is 0. The highest BCUT2D eigenvalue weighted by molar-refractivity contribution is 5.71. The van der Waals surface area contributed by atoms with Gasteiger partial charge in [0.05, 0.1) is 0 Å². The fourth-order valence-corrected chi connectivity index (χ4v) is 5.99. The molecule has 0 aromatic heterocycles. The summed E-state index contributed by atoms with van der Waals surface area (Å²) in [5.41, 5.74) is 0. The van der Waals surface area contributed by atoms with E-state index < -0.39 is 12.1 Å². The molecule has 0 heterocycles. The molecule has 1 unspecified atom stereocenters. The van der Waals surface area contributed by atoms with E-state index in [1.54, 1.807) is 0 Å². The van der Waals surface area contributed by atoms with Crippen LogP contribution in [0.3, 0.4) is 0 Å². The number of allylic oxidation sites excluding steroid dienone is 26. The van der Waals surface area contributed by atoms with Crippen molar-refractivity contribution in [2.24, 2.45) is 0 Å². The molecule has 0 aromatic carbocycles. The second kappa shape index (κ2) is 51.7. The van der Waals surface area contributed by atoms with Gasteiger partial charge in [0.15, 0.2) is 6.10 Å². The Hall–Kier alpha value is -4.97. The summed E-state index contributed by atoms with van der Waals surface area (Å²) in [6, 6.07) is 0. The van der Waals surface area contributed by atoms with Gasteiger partial charge in [0, 0.05) is 19.3 Å². The minimum absolute atomic E-state index is 0.135. The van der Waals surface area contributed by atoms with E-state index in [9.17, 15) is 14.4 Å². The molecule has 0 fully saturated rings. The minimum Gasteiger partial charge on any atom is -0.462 e. The van der Waals surface area contributed by atoms with Crippen LogP contribution >= 0.6 is 0 Å². The van der Waals surface area contributed by atoms with Crippen molar-refractivity contribution in [3.63, 3.8) is 0 Å². The molecule has 0 bridgehead atoms. The van der Waals surface area contributed by atoms with Gasteiger partial charge in [-0.3, -0.25) is 14.4 Å². The van der Waals surface area contributed by atoms with E-state index in [0.29, 0.717) is 19.3 Å². The molecule has 65 heavy (non-hydrogen) atoms. The van der Waals surface area contributed by atoms with Gasteiger partial charge in [-0.15, -0.1) is 0 Å². The minimum atomic E-state index is -0.845. The molecule has 0 aliphatic rings. The van der Waals surface area contributed by atoms with E-state index in [2.05, 4.69) is 124 Å². The fourth-order valence-electron chi connectivity index (χ4n) is 5.99. The predicted octanol–water partition coefficient (Wildman–Crippen LogP) is 16.6. The second-order valence-electron chi connectivity index (χ2n) is 15.8. The van der Waals surface area contributed by atoms with Gasteiger partial charge in [-0.25, -0.2) is 0 Å². The molecular formula is C59H88O6. The summed E-state index contributed by atoms with van der Waals surface area (Å²) < 4.78 is 16.7. The third-order valence-corrected chi connectivity index (χ3v) is 9.68. The maximum absolute atomic E-state index is 12.8. The van der Waals surface area contributed by atoms with Crippen LogP contribution in [0, 0.1) is 0 Å². The summed E-state index contributed by atoms with van der Waals surface area (Å²) in [6.07, 6.45) is 75.1. The molecule has 1 atom stereocenters. The Kier molecular flexibility index (Phi) is 47.7. The van der Waals surface area contributed by atoms with Crippen molar-refractivity contribution in [1.29, 1.82) is 0 Å². The van der Waals surface area contributed by atoms with E-state index in [-0.39, 0.29) is 31.6 Å². The quantitative estimate of drug-likeness (QED) is 0.0200. The first kappa shape index (κ1) is 60.0. The Labute approximate surface area is 397 Å². The summed E-state index contributed by atoms with van der Waals surface area (Å²) in [5.74, 6) is -1.08. The second-order valence-corrected chi connectivity index (χ2v) is 15.8. The first-order valence-electron chi connectivity index (χ1n) is 25.1. The van der Waals surface area contributed by atoms with Gasteiger partial charge in [0.2, 0.25) is 0 Å². The van der Waals surface area contributed by atoms with Crippen molar-refractivity contribution >= 4 is 17.9 Å². The molecule has 0 aliphatic carbocycles. The summed E-state index contributed by atoms with van der Waals surface area (Å²) in [5, 5.41) is 0. The van der Waals surface area contributed by atoms with Crippen LogP contribution < -0.4 is 0 Å². The molecule has 0 saturated heterocycles. The molecule has 0 amide bonds. The van der Waals surface area contributed by atoms with Gasteiger partial charge < -0.3 is 14.2 Å². The summed E-state index contributed by atoms with van der Waals surface area (Å²) in [7, 11) is 0. The van der Waals surface area contributed by atoms with E-state index in [1.165, 1.54) is 6.42 Å². The third kappa shape index (κ3) is 49.9. The Morgan fingerprint density at radius 2 is 0.708 bits per heavy atom. The molecule has 0 aliphatic heterocycles. The van der Waals surface area contributed by atoms with Crippen molar-refractivity contribution in [3.8, 4) is 0 Å². The lowest BCUT2D eigenvalue weighted by Crippen LogP contribution is -2.30. The highest BCUT2D eigenvalue weighted by Gasteiger charge is 2.19. The van der Waals surface area contributed by atoms with E-state index in [0.717, 1.165) is 122 Å². The summed E-state index contributed by atoms with van der Waals surface area (Å²) >= 11 is 0. The molecule has 0 radical (unpaired) electrons. The van der Waals surface area contributed by atoms with E-state index >= 15 is 0 Å². The van der Waals surface area contributed by atoms with Crippen LogP contribution in [0.15, 0.2) is 158 Å². The monoisotopic (exact) mass is 893 g/mol. The molecule has 0 rings (SSSR count). The maximum atomic E-state index is 12.8. The van der Waals surface area contributed by atoms with Crippen molar-refractivity contribution in [1.82, 2.24) is 0 Å². The van der Waals surface area contributed by atoms with Gasteiger partial charge in [-0.05, 0) is 89.9 Å². The average molecular weight is 893 g/mol. The maximum Gasteiger partial charge on any atom is 0.306 e. The molecular weight excluding hydrogens is 805 g/mol. The molecule has 6 heteroatoms. The molecule has 6 nitrogen and oxygen atoms in total. The normalized spacial score (nSPS) is 13.5. The van der Waals surface area contributed by atoms with Crippen LogP contribution in [0.5, 0.6) is 0 Å². The Morgan fingerprint density at radius 3 is 1.15 bits per heavy atom. The number of ether oxygens (including phenoxy) is 3. The number of esters is 3. The number of unbranched alkanes of at least 4 members (excludes halogenated alkanes) is 11. The zero-order chi connectivity index (χ0) is 47.2. The van der Waals surface area contributed by atoms with Gasteiger partial charge in [-0.2, -0.15) is 0 Å². The van der Waals surface area contributed by atoms with Crippen LogP contribution in [0.1, 0.15) is 175 Å². The standard InChI is InChI=1S/C59H88O6/c1-4-7-10-13-16-19-22-25-27-29-30-32-34-37-40-43-46-49-52-58(61)64-55-56(54-63-57(60)51-48-45-42-39-36-33-24-21-18-15-12-9-6-3)65-59(62)53-50-47-44-41-38-35-31-28-26-23-20-17-14-11-8-5-2/h8-13,15-22,24-30,32,35,38,44,47,56H,4-7,14,23,31,33-34,36-37,39-43,45-46,48-55H2,1-3H3/b11-8+,12-9+,13-10+,18-15+,19-16+,20-17+,24-21+,25-22+,28-26+,29-27+,32-30+,38-35+,47-44+. The number of carbonyl (C=O) groups is 3. The molecule has 0 saturated carbocycles. The summed E-state index contributed by atoms with van der Waals surface area (Å²) in [4.78, 5) is 37.9. The third-order valence-electron chi connectivity index (χ3n) is 9.68. The van der Waals surface area contributed by atoms with Crippen molar-refractivity contribution in [2.45, 2.75) is 181 Å². The lowest BCUT2D eigenvalue weighted by atomic mass is 10.1. The van der Waals surface area contributed by atoms with Crippen molar-refractivity contribution in [2.75, 3.05) is 13.2 Å². The van der Waals surface area contributed by atoms with Crippen LogP contribution in [0.2, 0.25) is 0 Å². The Bertz CT molecular complexity index is 1540. The fraction of sp³-hybridized carbons (Fsp3) is 0.508. The molecule has 360 valence electrons. The zero-order valence-electron chi connectivity index (χ0n) is 40.9. The van der Waals surface area contributed by atoms with Crippen LogP contribution in [0.25, 0.3) is 0 Å². The zero-order valence-corrected chi connectivity index (χ0v) is 40.9. The Balaban J connectivity index is 4.62. The number of carbonyl (C=O) groups excluding carboxylic acids is 3. The number of hydrogen-bond acceptors (Lipinski definition) is 6. The smallest absolute Gasteiger partial charge is 0.306 e. The van der Waals surface area contributed by atoms with Gasteiger partial charge >= 0.3 is 17.9 Å². The van der Waals surface area contributed by atoms with Gasteiger partial charge in [0.1, 0.15) is 13.2 Å². The number of rotatable bonds is 42. The van der Waals surface area contributed by atoms with E-state index in [4.69, 9.17) is 14.2 Å². The van der Waals surface area contributed by atoms with Gasteiger partial charge in [-0.1, -0.05) is 224 Å². The SMILES string of the molecule is CC/C=C/C=C/C=C/CCCCCCCC(=O)OCC(COC(=O)CCCCCCC/C=C/C=C/C=C/C=C/C=C/CCC)OC(=O)CC/C=C/C/C=C/C/C=C/C/C=C/C/C=C/CC. The van der Waals surface area contributed by atoms with Crippen molar-refractivity contribution in [3.05, 3.63) is 158 Å². The highest BCUT2D eigenvalue weighted by atomic mass is 16.6. The predicted molar refractivity (Wildman–Crippen MR) is 278 cm³/mol. The molecule has 0 N–H and O–H groups in total. The average Bonchev–Trinajstić information content (AvgIpc) is 3.30. The topological polar surface area (TPSA) is 78.9 Å². The van der Waals surface area contributed by atoms with Crippen LogP contribution in [-0.2, 0) is 28.6 Å². The summed E-state index contributed by atoms with van der Waals surface area (Å²) in [6.45, 7) is 6.16. The van der Waals surface area contributed by atoms with Crippen molar-refractivity contribution < 1.29 is 28.6 Å². The first-order chi connectivity index (χ1) is 32.0. The Morgan fingerprint density at radius 1 is 0.338 bits per heavy atom.